The van der Waals surface area contributed by atoms with Crippen LogP contribution in [0.25, 0.3) is 0 Å². The maximum atomic E-state index is 12.5. The number of amides is 1. The predicted molar refractivity (Wildman–Crippen MR) is 306 cm³/mol. The predicted octanol–water partition coefficient (Wildman–Crippen LogP) is 19.6. The summed E-state index contributed by atoms with van der Waals surface area (Å²) in [5, 5.41) is 23.2. The number of rotatable bonds is 58. The van der Waals surface area contributed by atoms with Crippen molar-refractivity contribution in [2.24, 2.45) is 0 Å². The molecule has 0 aliphatic heterocycles. The average molecular weight is 985 g/mol. The Kier molecular flexibility index (Phi) is 58.0. The first-order valence-corrected chi connectivity index (χ1v) is 31.3. The molecule has 3 N–H and O–H groups in total. The third kappa shape index (κ3) is 55.4. The lowest BCUT2D eigenvalue weighted by Gasteiger charge is -2.20. The zero-order valence-electron chi connectivity index (χ0n) is 47.0. The number of aliphatic hydroxyl groups excluding tert-OH is 2. The van der Waals surface area contributed by atoms with Crippen molar-refractivity contribution in [2.75, 3.05) is 13.2 Å². The number of hydrogen-bond donors (Lipinski definition) is 3. The van der Waals surface area contributed by atoms with E-state index in [4.69, 9.17) is 4.74 Å². The van der Waals surface area contributed by atoms with Gasteiger partial charge in [0.25, 0.3) is 0 Å². The van der Waals surface area contributed by atoms with E-state index in [1.54, 1.807) is 6.08 Å². The van der Waals surface area contributed by atoms with Gasteiger partial charge in [-0.3, -0.25) is 9.59 Å². The fraction of sp³-hybridized carbons (Fsp3) is 0.875. The summed E-state index contributed by atoms with van der Waals surface area (Å²) >= 11 is 0. The molecule has 0 radical (unpaired) electrons. The highest BCUT2D eigenvalue weighted by atomic mass is 16.5. The highest BCUT2D eigenvalue weighted by Gasteiger charge is 2.18. The molecule has 0 saturated carbocycles. The number of nitrogens with one attached hydrogen (secondary N) is 1. The van der Waals surface area contributed by atoms with Crippen LogP contribution in [0.4, 0.5) is 0 Å². The van der Waals surface area contributed by atoms with Crippen LogP contribution in [0.15, 0.2) is 36.5 Å². The molecule has 6 nitrogen and oxygen atoms in total. The Morgan fingerprint density at radius 2 is 0.671 bits per heavy atom. The van der Waals surface area contributed by atoms with Gasteiger partial charge in [-0.05, 0) is 83.5 Å². The summed E-state index contributed by atoms with van der Waals surface area (Å²) in [7, 11) is 0. The summed E-state index contributed by atoms with van der Waals surface area (Å²) < 4.78 is 5.47. The molecule has 0 heterocycles. The van der Waals surface area contributed by atoms with Gasteiger partial charge >= 0.3 is 5.97 Å². The molecular formula is C64H121NO5. The fourth-order valence-corrected chi connectivity index (χ4v) is 9.57. The van der Waals surface area contributed by atoms with E-state index in [9.17, 15) is 19.8 Å². The molecule has 2 unspecified atom stereocenters. The topological polar surface area (TPSA) is 95.9 Å². The van der Waals surface area contributed by atoms with Crippen LogP contribution in [0.3, 0.4) is 0 Å². The minimum Gasteiger partial charge on any atom is -0.466 e. The van der Waals surface area contributed by atoms with Crippen molar-refractivity contribution < 1.29 is 24.5 Å². The number of allylic oxidation sites excluding steroid dienone is 5. The molecule has 412 valence electrons. The summed E-state index contributed by atoms with van der Waals surface area (Å²) in [5.74, 6) is -0.0951. The third-order valence-corrected chi connectivity index (χ3v) is 14.4. The normalized spacial score (nSPS) is 12.8. The van der Waals surface area contributed by atoms with Crippen LogP contribution in [0.1, 0.15) is 335 Å². The Bertz CT molecular complexity index is 1130. The molecule has 0 rings (SSSR count). The van der Waals surface area contributed by atoms with Crippen molar-refractivity contribution in [3.63, 3.8) is 0 Å². The van der Waals surface area contributed by atoms with Crippen LogP contribution in [0.2, 0.25) is 0 Å². The van der Waals surface area contributed by atoms with Crippen molar-refractivity contribution >= 4 is 11.9 Å². The number of aliphatic hydroxyl groups is 2. The summed E-state index contributed by atoms with van der Waals surface area (Å²) in [4.78, 5) is 24.6. The Hall–Kier alpha value is -1.92. The third-order valence-electron chi connectivity index (χ3n) is 14.4. The summed E-state index contributed by atoms with van der Waals surface area (Å²) in [6, 6.07) is -0.641. The number of esters is 1. The number of carbonyl (C=O) groups is 2. The van der Waals surface area contributed by atoms with Crippen LogP contribution >= 0.6 is 0 Å². The molecule has 0 bridgehead atoms. The molecule has 0 aromatic heterocycles. The summed E-state index contributed by atoms with van der Waals surface area (Å²) in [6.45, 7) is 4.88. The Morgan fingerprint density at radius 3 is 1.01 bits per heavy atom. The van der Waals surface area contributed by atoms with Gasteiger partial charge in [0.15, 0.2) is 0 Å². The van der Waals surface area contributed by atoms with Gasteiger partial charge in [0.1, 0.15) is 0 Å². The van der Waals surface area contributed by atoms with Crippen LogP contribution in [0, 0.1) is 0 Å². The molecule has 0 saturated heterocycles. The van der Waals surface area contributed by atoms with E-state index in [0.29, 0.717) is 19.4 Å². The Balaban J connectivity index is 3.50. The van der Waals surface area contributed by atoms with Gasteiger partial charge in [0.2, 0.25) is 5.91 Å². The SMILES string of the molecule is CCCCCCCC/C=C\CCCCCCCCCC(=O)OCCCCCC/C=C\CCCCCCCCCC(=O)NC(CO)C(O)/C=C/CCCCCCCCCCCCCCCCCCCCC. The molecule has 6 heteroatoms. The van der Waals surface area contributed by atoms with Crippen LogP contribution in [-0.2, 0) is 14.3 Å². The molecule has 70 heavy (non-hydrogen) atoms. The molecule has 0 spiro atoms. The van der Waals surface area contributed by atoms with E-state index in [1.807, 2.05) is 6.08 Å². The van der Waals surface area contributed by atoms with Gasteiger partial charge < -0.3 is 20.3 Å². The summed E-state index contributed by atoms with van der Waals surface area (Å²) in [6.07, 6.45) is 74.6. The Morgan fingerprint density at radius 1 is 0.386 bits per heavy atom. The molecule has 0 aliphatic rings. The zero-order chi connectivity index (χ0) is 50.7. The molecule has 0 fully saturated rings. The standard InChI is InChI=1S/C64H121NO5/c1-3-5-7-9-11-13-15-17-19-21-22-23-24-26-28-32-36-40-44-48-52-56-62(67)61(60-66)65-63(68)57-53-49-45-41-37-33-29-27-31-35-39-43-47-51-55-59-70-64(69)58-54-50-46-42-38-34-30-25-20-18-16-14-12-10-8-6-4-2/h18,20,31,35,52,56,61-62,66-67H,3-17,19,21-30,32-34,36-51,53-55,57-60H2,1-2H3,(H,65,68)/b20-18-,35-31-,56-52+. The highest BCUT2D eigenvalue weighted by molar-refractivity contribution is 5.76. The maximum Gasteiger partial charge on any atom is 0.305 e. The van der Waals surface area contributed by atoms with Gasteiger partial charge in [-0.25, -0.2) is 0 Å². The van der Waals surface area contributed by atoms with Crippen molar-refractivity contribution in [3.05, 3.63) is 36.5 Å². The largest absolute Gasteiger partial charge is 0.466 e. The smallest absolute Gasteiger partial charge is 0.305 e. The highest BCUT2D eigenvalue weighted by Crippen LogP contribution is 2.17. The van der Waals surface area contributed by atoms with Gasteiger partial charge in [0.05, 0.1) is 25.4 Å². The van der Waals surface area contributed by atoms with E-state index < -0.39 is 12.1 Å². The number of carbonyl (C=O) groups excluding carboxylic acids is 2. The molecule has 1 amide bonds. The van der Waals surface area contributed by atoms with Gasteiger partial charge in [-0.2, -0.15) is 0 Å². The second-order valence-corrected chi connectivity index (χ2v) is 21.4. The fourth-order valence-electron chi connectivity index (χ4n) is 9.57. The monoisotopic (exact) mass is 984 g/mol. The van der Waals surface area contributed by atoms with E-state index in [0.717, 1.165) is 70.6 Å². The van der Waals surface area contributed by atoms with Gasteiger partial charge in [0, 0.05) is 12.8 Å². The maximum absolute atomic E-state index is 12.5. The first kappa shape index (κ1) is 68.1. The van der Waals surface area contributed by atoms with E-state index in [-0.39, 0.29) is 18.5 Å². The van der Waals surface area contributed by atoms with Crippen LogP contribution in [0.5, 0.6) is 0 Å². The second kappa shape index (κ2) is 59.6. The van der Waals surface area contributed by atoms with Crippen molar-refractivity contribution in [3.8, 4) is 0 Å². The molecule has 0 aliphatic carbocycles. The van der Waals surface area contributed by atoms with Gasteiger partial charge in [-0.15, -0.1) is 0 Å². The van der Waals surface area contributed by atoms with Gasteiger partial charge in [-0.1, -0.05) is 275 Å². The minimum absolute atomic E-state index is 0.0142. The molecular weight excluding hydrogens is 863 g/mol. The van der Waals surface area contributed by atoms with Crippen molar-refractivity contribution in [2.45, 2.75) is 347 Å². The Labute approximate surface area is 436 Å². The average Bonchev–Trinajstić information content (AvgIpc) is 3.36. The van der Waals surface area contributed by atoms with Crippen LogP contribution in [-0.4, -0.2) is 47.4 Å². The van der Waals surface area contributed by atoms with Crippen molar-refractivity contribution in [1.29, 1.82) is 0 Å². The lowest BCUT2D eigenvalue weighted by atomic mass is 10.0. The number of hydrogen-bond acceptors (Lipinski definition) is 5. The molecule has 2 atom stereocenters. The lowest BCUT2D eigenvalue weighted by Crippen LogP contribution is -2.45. The first-order chi connectivity index (χ1) is 34.5. The zero-order valence-corrected chi connectivity index (χ0v) is 47.0. The van der Waals surface area contributed by atoms with E-state index in [1.165, 1.54) is 238 Å². The number of unbranched alkanes of at least 4 members (excludes halogenated alkanes) is 43. The van der Waals surface area contributed by atoms with Crippen molar-refractivity contribution in [1.82, 2.24) is 5.32 Å². The lowest BCUT2D eigenvalue weighted by molar-refractivity contribution is -0.143. The minimum atomic E-state index is -0.856. The number of ether oxygens (including phenoxy) is 1. The quantitative estimate of drug-likeness (QED) is 0.0321. The van der Waals surface area contributed by atoms with E-state index >= 15 is 0 Å². The summed E-state index contributed by atoms with van der Waals surface area (Å²) in [5.41, 5.74) is 0. The molecule has 0 aromatic carbocycles. The van der Waals surface area contributed by atoms with E-state index in [2.05, 4.69) is 43.5 Å². The molecule has 0 aromatic rings. The first-order valence-electron chi connectivity index (χ1n) is 31.3. The second-order valence-electron chi connectivity index (χ2n) is 21.4. The van der Waals surface area contributed by atoms with Crippen LogP contribution < -0.4 is 5.32 Å².